The Morgan fingerprint density at radius 1 is 1.04 bits per heavy atom. The molecule has 2 aromatic rings. The standard InChI is InChI=1S/C16H10Br2Cl2N2O/c1-6-11(4-3-9(17)12(6)19)21-15-8-5-10(18)13(20)7(2)14(8)22-16(15)23/h3-5H,1-2H3,(H,21,22,23). The highest BCUT2D eigenvalue weighted by molar-refractivity contribution is 9.10. The number of fused-ring (bicyclic) bond motifs is 1. The van der Waals surface area contributed by atoms with Crippen molar-refractivity contribution in [1.29, 1.82) is 0 Å². The van der Waals surface area contributed by atoms with Crippen LogP contribution in [-0.2, 0) is 4.79 Å². The number of carbonyl (C=O) groups excluding carboxylic acids is 1. The van der Waals surface area contributed by atoms with Crippen molar-refractivity contribution < 1.29 is 4.79 Å². The Morgan fingerprint density at radius 2 is 1.70 bits per heavy atom. The fourth-order valence-electron chi connectivity index (χ4n) is 2.39. The average Bonchev–Trinajstić information content (AvgIpc) is 2.82. The van der Waals surface area contributed by atoms with Gasteiger partial charge in [-0.25, -0.2) is 4.99 Å². The van der Waals surface area contributed by atoms with E-state index < -0.39 is 0 Å². The van der Waals surface area contributed by atoms with Crippen LogP contribution < -0.4 is 5.32 Å². The Morgan fingerprint density at radius 3 is 2.39 bits per heavy atom. The molecule has 118 valence electrons. The number of benzene rings is 2. The predicted molar refractivity (Wildman–Crippen MR) is 103 cm³/mol. The second-order valence-electron chi connectivity index (χ2n) is 5.14. The summed E-state index contributed by atoms with van der Waals surface area (Å²) in [6.45, 7) is 3.72. The summed E-state index contributed by atoms with van der Waals surface area (Å²) >= 11 is 19.2. The molecule has 0 bridgehead atoms. The first-order valence-electron chi connectivity index (χ1n) is 6.65. The molecule has 23 heavy (non-hydrogen) atoms. The molecular weight excluding hydrogens is 467 g/mol. The van der Waals surface area contributed by atoms with Crippen LogP contribution in [0.4, 0.5) is 11.4 Å². The summed E-state index contributed by atoms with van der Waals surface area (Å²) in [6.07, 6.45) is 0. The van der Waals surface area contributed by atoms with Gasteiger partial charge in [-0.1, -0.05) is 23.2 Å². The zero-order chi connectivity index (χ0) is 16.9. The van der Waals surface area contributed by atoms with Crippen molar-refractivity contribution in [2.75, 3.05) is 5.32 Å². The van der Waals surface area contributed by atoms with Crippen molar-refractivity contribution in [3.05, 3.63) is 53.9 Å². The highest BCUT2D eigenvalue weighted by Gasteiger charge is 2.29. The van der Waals surface area contributed by atoms with Gasteiger partial charge in [0, 0.05) is 14.5 Å². The van der Waals surface area contributed by atoms with E-state index >= 15 is 0 Å². The summed E-state index contributed by atoms with van der Waals surface area (Å²) in [5.41, 5.74) is 4.03. The molecular formula is C16H10Br2Cl2N2O. The normalized spacial score (nSPS) is 15.0. The van der Waals surface area contributed by atoms with Gasteiger partial charge in [-0.05, 0) is 75.0 Å². The highest BCUT2D eigenvalue weighted by Crippen LogP contribution is 2.39. The van der Waals surface area contributed by atoms with E-state index in [9.17, 15) is 4.79 Å². The molecule has 7 heteroatoms. The fourth-order valence-corrected chi connectivity index (χ4v) is 3.66. The molecule has 0 aromatic heterocycles. The van der Waals surface area contributed by atoms with Crippen molar-refractivity contribution in [2.45, 2.75) is 13.8 Å². The number of hydrogen-bond acceptors (Lipinski definition) is 2. The molecule has 0 spiro atoms. The number of amides is 1. The first kappa shape index (κ1) is 17.0. The van der Waals surface area contributed by atoms with E-state index in [2.05, 4.69) is 42.2 Å². The number of halogens is 4. The van der Waals surface area contributed by atoms with Crippen LogP contribution >= 0.6 is 55.1 Å². The monoisotopic (exact) mass is 474 g/mol. The van der Waals surface area contributed by atoms with Gasteiger partial charge in [0.25, 0.3) is 5.91 Å². The van der Waals surface area contributed by atoms with Crippen LogP contribution in [-0.4, -0.2) is 11.6 Å². The van der Waals surface area contributed by atoms with Crippen molar-refractivity contribution in [2.24, 2.45) is 4.99 Å². The number of hydrogen-bond donors (Lipinski definition) is 1. The SMILES string of the molecule is Cc1c(N=C2C(=O)Nc3c2cc(Br)c(Cl)c3C)ccc(Br)c1Cl. The number of anilines is 1. The minimum atomic E-state index is -0.254. The fraction of sp³-hybridized carbons (Fsp3) is 0.125. The maximum atomic E-state index is 12.3. The number of aliphatic imine (C=N–C) groups is 1. The van der Waals surface area contributed by atoms with Gasteiger partial charge in [-0.15, -0.1) is 0 Å². The van der Waals surface area contributed by atoms with Gasteiger partial charge in [-0.3, -0.25) is 4.79 Å². The van der Waals surface area contributed by atoms with Crippen LogP contribution in [0.15, 0.2) is 32.1 Å². The Kier molecular flexibility index (Phi) is 4.58. The third-order valence-corrected chi connectivity index (χ3v) is 6.42. The molecule has 1 aliphatic heterocycles. The molecule has 1 N–H and O–H groups in total. The second kappa shape index (κ2) is 6.20. The minimum Gasteiger partial charge on any atom is -0.320 e. The molecule has 3 rings (SSSR count). The van der Waals surface area contributed by atoms with E-state index in [0.717, 1.165) is 25.6 Å². The third kappa shape index (κ3) is 2.84. The van der Waals surface area contributed by atoms with E-state index in [1.54, 1.807) is 6.07 Å². The summed E-state index contributed by atoms with van der Waals surface area (Å²) in [6, 6.07) is 5.43. The maximum absolute atomic E-state index is 12.3. The molecule has 1 amide bonds. The van der Waals surface area contributed by atoms with Gasteiger partial charge in [0.2, 0.25) is 0 Å². The molecule has 0 saturated heterocycles. The van der Waals surface area contributed by atoms with E-state index in [0.29, 0.717) is 27.1 Å². The van der Waals surface area contributed by atoms with Gasteiger partial charge in [0.15, 0.2) is 0 Å². The highest BCUT2D eigenvalue weighted by atomic mass is 79.9. The van der Waals surface area contributed by atoms with E-state index in [-0.39, 0.29) is 5.91 Å². The summed E-state index contributed by atoms with van der Waals surface area (Å²) in [5, 5.41) is 3.99. The summed E-state index contributed by atoms with van der Waals surface area (Å²) in [4.78, 5) is 16.9. The van der Waals surface area contributed by atoms with E-state index in [4.69, 9.17) is 23.2 Å². The predicted octanol–water partition coefficient (Wildman–Crippen LogP) is 6.21. The first-order valence-corrected chi connectivity index (χ1v) is 8.99. The number of nitrogens with zero attached hydrogens (tertiary/aromatic N) is 1. The maximum Gasteiger partial charge on any atom is 0.275 e. The zero-order valence-electron chi connectivity index (χ0n) is 12.1. The molecule has 2 aromatic carbocycles. The lowest BCUT2D eigenvalue weighted by Gasteiger charge is -2.08. The lowest BCUT2D eigenvalue weighted by molar-refractivity contribution is -0.110. The lowest BCUT2D eigenvalue weighted by Crippen LogP contribution is -2.14. The van der Waals surface area contributed by atoms with Crippen LogP contribution in [0, 0.1) is 13.8 Å². The first-order chi connectivity index (χ1) is 10.8. The van der Waals surface area contributed by atoms with Crippen molar-refractivity contribution in [3.63, 3.8) is 0 Å². The molecule has 0 fully saturated rings. The Labute approximate surface area is 160 Å². The lowest BCUT2D eigenvalue weighted by atomic mass is 10.1. The topological polar surface area (TPSA) is 41.5 Å². The zero-order valence-corrected chi connectivity index (χ0v) is 16.8. The van der Waals surface area contributed by atoms with E-state index in [1.807, 2.05) is 26.0 Å². The molecule has 0 aliphatic carbocycles. The smallest absolute Gasteiger partial charge is 0.275 e. The summed E-state index contributed by atoms with van der Waals surface area (Å²) in [7, 11) is 0. The van der Waals surface area contributed by atoms with Crippen molar-refractivity contribution in [1.82, 2.24) is 0 Å². The Bertz CT molecular complexity index is 894. The number of carbonyl (C=O) groups is 1. The molecule has 1 aliphatic rings. The van der Waals surface area contributed by atoms with Crippen molar-refractivity contribution in [3.8, 4) is 0 Å². The summed E-state index contributed by atoms with van der Waals surface area (Å²) < 4.78 is 1.52. The third-order valence-electron chi connectivity index (χ3n) is 3.71. The van der Waals surface area contributed by atoms with Crippen LogP contribution in [0.3, 0.4) is 0 Å². The number of rotatable bonds is 1. The second-order valence-corrected chi connectivity index (χ2v) is 7.60. The molecule has 0 atom stereocenters. The largest absolute Gasteiger partial charge is 0.320 e. The quantitative estimate of drug-likeness (QED) is 0.522. The van der Waals surface area contributed by atoms with Gasteiger partial charge < -0.3 is 5.32 Å². The summed E-state index contributed by atoms with van der Waals surface area (Å²) in [5.74, 6) is -0.254. The van der Waals surface area contributed by atoms with Crippen LogP contribution in [0.2, 0.25) is 10.0 Å². The molecule has 0 saturated carbocycles. The Balaban J connectivity index is 2.21. The van der Waals surface area contributed by atoms with Crippen molar-refractivity contribution >= 4 is 78.1 Å². The molecule has 3 nitrogen and oxygen atoms in total. The molecule has 0 radical (unpaired) electrons. The van der Waals surface area contributed by atoms with Gasteiger partial charge >= 0.3 is 0 Å². The van der Waals surface area contributed by atoms with Crippen LogP contribution in [0.1, 0.15) is 16.7 Å². The Hall–Kier alpha value is -0.880. The number of nitrogens with one attached hydrogen (secondary N) is 1. The van der Waals surface area contributed by atoms with Gasteiger partial charge in [0.1, 0.15) is 5.71 Å². The van der Waals surface area contributed by atoms with Gasteiger partial charge in [-0.2, -0.15) is 0 Å². The molecule has 0 unspecified atom stereocenters. The minimum absolute atomic E-state index is 0.254. The van der Waals surface area contributed by atoms with E-state index in [1.165, 1.54) is 0 Å². The average molecular weight is 477 g/mol. The molecule has 1 heterocycles. The van der Waals surface area contributed by atoms with Crippen LogP contribution in [0.5, 0.6) is 0 Å². The van der Waals surface area contributed by atoms with Crippen LogP contribution in [0.25, 0.3) is 0 Å². The van der Waals surface area contributed by atoms with Gasteiger partial charge in [0.05, 0.1) is 21.4 Å².